The van der Waals surface area contributed by atoms with Crippen LogP contribution in [0.5, 0.6) is 0 Å². The van der Waals surface area contributed by atoms with E-state index in [4.69, 9.17) is 24.3 Å². The quantitative estimate of drug-likeness (QED) is 0.0264. The number of carbonyl (C=O) groups is 2. The molecule has 0 aliphatic rings. The zero-order chi connectivity index (χ0) is 53.1. The Labute approximate surface area is 452 Å². The predicted octanol–water partition coefficient (Wildman–Crippen LogP) is 20.0. The predicted molar refractivity (Wildman–Crippen MR) is 312 cm³/mol. The van der Waals surface area contributed by atoms with Crippen molar-refractivity contribution in [2.24, 2.45) is 5.73 Å². The summed E-state index contributed by atoms with van der Waals surface area (Å²) in [6, 6.07) is 0. The van der Waals surface area contributed by atoms with Gasteiger partial charge in [0.25, 0.3) is 0 Å². The van der Waals surface area contributed by atoms with Crippen molar-refractivity contribution in [1.29, 1.82) is 0 Å². The van der Waals surface area contributed by atoms with Crippen molar-refractivity contribution in [2.45, 2.75) is 328 Å². The Morgan fingerprint density at radius 1 is 0.411 bits per heavy atom. The monoisotopic (exact) mass is 1050 g/mol. The van der Waals surface area contributed by atoms with Crippen molar-refractivity contribution >= 4 is 19.8 Å². The number of phosphoric ester groups is 1. The van der Waals surface area contributed by atoms with Gasteiger partial charge in [0.05, 0.1) is 13.2 Å². The van der Waals surface area contributed by atoms with E-state index in [1.165, 1.54) is 250 Å². The normalized spacial score (nSPS) is 13.2. The molecule has 0 bridgehead atoms. The SMILES string of the molecule is CCCCCCC/C=C\C/C=C\CCCCCCCCCCCCCCCCCCCC(=O)OC(COC(=O)CCCCCCCCCCCCC/C=C\CCCCCCCCCC)COP(=O)(O)OCCN. The van der Waals surface area contributed by atoms with Crippen molar-refractivity contribution < 1.29 is 37.6 Å². The molecule has 0 saturated heterocycles. The van der Waals surface area contributed by atoms with Crippen molar-refractivity contribution in [2.75, 3.05) is 26.4 Å². The average molecular weight is 1050 g/mol. The number of ether oxygens (including phenoxy) is 2. The molecule has 10 heteroatoms. The molecule has 9 nitrogen and oxygen atoms in total. The summed E-state index contributed by atoms with van der Waals surface area (Å²) in [5, 5.41) is 0. The molecule has 3 N–H and O–H groups in total. The Kier molecular flexibility index (Phi) is 58.0. The van der Waals surface area contributed by atoms with E-state index in [0.717, 1.165) is 38.5 Å². The first-order valence-corrected chi connectivity index (χ1v) is 33.0. The summed E-state index contributed by atoms with van der Waals surface area (Å²) >= 11 is 0. The van der Waals surface area contributed by atoms with Gasteiger partial charge < -0.3 is 20.1 Å². The minimum Gasteiger partial charge on any atom is -0.462 e. The summed E-state index contributed by atoms with van der Waals surface area (Å²) in [5.41, 5.74) is 5.39. The highest BCUT2D eigenvalue weighted by molar-refractivity contribution is 7.47. The van der Waals surface area contributed by atoms with E-state index in [9.17, 15) is 19.0 Å². The van der Waals surface area contributed by atoms with Gasteiger partial charge in [-0.3, -0.25) is 18.6 Å². The molecule has 0 aliphatic heterocycles. The number of allylic oxidation sites excluding steroid dienone is 6. The maximum absolute atomic E-state index is 12.7. The van der Waals surface area contributed by atoms with Crippen LogP contribution in [0.4, 0.5) is 0 Å². The lowest BCUT2D eigenvalue weighted by Crippen LogP contribution is -2.29. The largest absolute Gasteiger partial charge is 0.472 e. The molecule has 0 heterocycles. The van der Waals surface area contributed by atoms with Gasteiger partial charge in [0.1, 0.15) is 6.61 Å². The third kappa shape index (κ3) is 59.3. The first kappa shape index (κ1) is 71.2. The van der Waals surface area contributed by atoms with Crippen molar-refractivity contribution in [1.82, 2.24) is 0 Å². The van der Waals surface area contributed by atoms with Crippen LogP contribution in [0, 0.1) is 0 Å². The number of hydrogen-bond donors (Lipinski definition) is 2. The second-order valence-electron chi connectivity index (χ2n) is 21.3. The van der Waals surface area contributed by atoms with Crippen LogP contribution in [0.1, 0.15) is 322 Å². The number of rotatable bonds is 60. The molecule has 2 unspecified atom stereocenters. The molecule has 0 saturated carbocycles. The van der Waals surface area contributed by atoms with Gasteiger partial charge >= 0.3 is 19.8 Å². The molecular weight excluding hydrogens is 930 g/mol. The molecule has 0 amide bonds. The van der Waals surface area contributed by atoms with Gasteiger partial charge in [-0.25, -0.2) is 4.57 Å². The molecule has 430 valence electrons. The van der Waals surface area contributed by atoms with Gasteiger partial charge in [-0.05, 0) is 70.6 Å². The zero-order valence-electron chi connectivity index (χ0n) is 48.1. The minimum atomic E-state index is -4.39. The Bertz CT molecular complexity index is 1290. The van der Waals surface area contributed by atoms with Gasteiger partial charge in [0.15, 0.2) is 6.10 Å². The molecule has 0 rings (SSSR count). The summed E-state index contributed by atoms with van der Waals surface area (Å²) in [6.07, 6.45) is 72.1. The first-order chi connectivity index (χ1) is 35.8. The zero-order valence-corrected chi connectivity index (χ0v) is 49.0. The summed E-state index contributed by atoms with van der Waals surface area (Å²) in [6.45, 7) is 3.79. The summed E-state index contributed by atoms with van der Waals surface area (Å²) in [7, 11) is -4.39. The third-order valence-corrected chi connectivity index (χ3v) is 15.0. The Balaban J connectivity index is 3.89. The van der Waals surface area contributed by atoms with Crippen molar-refractivity contribution in [3.8, 4) is 0 Å². The van der Waals surface area contributed by atoms with E-state index in [1.807, 2.05) is 0 Å². The van der Waals surface area contributed by atoms with Crippen LogP contribution in [-0.4, -0.2) is 49.3 Å². The van der Waals surface area contributed by atoms with E-state index in [0.29, 0.717) is 6.42 Å². The number of hydrogen-bond acceptors (Lipinski definition) is 8. The molecule has 0 aromatic carbocycles. The lowest BCUT2D eigenvalue weighted by molar-refractivity contribution is -0.161. The van der Waals surface area contributed by atoms with Crippen LogP contribution < -0.4 is 5.73 Å². The van der Waals surface area contributed by atoms with Gasteiger partial charge in [-0.1, -0.05) is 275 Å². The van der Waals surface area contributed by atoms with Gasteiger partial charge in [0.2, 0.25) is 0 Å². The second kappa shape index (κ2) is 59.5. The fraction of sp³-hybridized carbons (Fsp3) is 0.873. The van der Waals surface area contributed by atoms with Gasteiger partial charge in [-0.15, -0.1) is 0 Å². The van der Waals surface area contributed by atoms with Crippen LogP contribution in [0.15, 0.2) is 36.5 Å². The number of unbranched alkanes of at least 4 members (excludes halogenated alkanes) is 41. The summed E-state index contributed by atoms with van der Waals surface area (Å²) in [5.74, 6) is -0.812. The Hall–Kier alpha value is -1.77. The van der Waals surface area contributed by atoms with E-state index in [2.05, 4.69) is 50.3 Å². The van der Waals surface area contributed by atoms with Gasteiger partial charge in [0, 0.05) is 19.4 Å². The van der Waals surface area contributed by atoms with E-state index in [-0.39, 0.29) is 38.6 Å². The lowest BCUT2D eigenvalue weighted by Gasteiger charge is -2.19. The van der Waals surface area contributed by atoms with Crippen LogP contribution >= 0.6 is 7.82 Å². The molecule has 73 heavy (non-hydrogen) atoms. The van der Waals surface area contributed by atoms with E-state index in [1.54, 1.807) is 0 Å². The summed E-state index contributed by atoms with van der Waals surface area (Å²) in [4.78, 5) is 35.3. The molecule has 2 atom stereocenters. The number of phosphoric acid groups is 1. The molecule has 0 aromatic heterocycles. The number of esters is 2. The molecule has 0 radical (unpaired) electrons. The molecule has 0 fully saturated rings. The molecule has 0 aromatic rings. The maximum Gasteiger partial charge on any atom is 0.472 e. The van der Waals surface area contributed by atoms with Crippen LogP contribution in [-0.2, 0) is 32.7 Å². The van der Waals surface area contributed by atoms with Crippen LogP contribution in [0.2, 0.25) is 0 Å². The van der Waals surface area contributed by atoms with Crippen LogP contribution in [0.25, 0.3) is 0 Å². The maximum atomic E-state index is 12.7. The highest BCUT2D eigenvalue weighted by Gasteiger charge is 2.26. The Morgan fingerprint density at radius 3 is 1.05 bits per heavy atom. The van der Waals surface area contributed by atoms with E-state index >= 15 is 0 Å². The summed E-state index contributed by atoms with van der Waals surface area (Å²) < 4.78 is 33.1. The fourth-order valence-electron chi connectivity index (χ4n) is 9.31. The highest BCUT2D eigenvalue weighted by Crippen LogP contribution is 2.43. The highest BCUT2D eigenvalue weighted by atomic mass is 31.2. The molecule has 0 aliphatic carbocycles. The van der Waals surface area contributed by atoms with Crippen LogP contribution in [0.3, 0.4) is 0 Å². The first-order valence-electron chi connectivity index (χ1n) is 31.5. The van der Waals surface area contributed by atoms with Crippen molar-refractivity contribution in [3.05, 3.63) is 36.5 Å². The van der Waals surface area contributed by atoms with Crippen molar-refractivity contribution in [3.63, 3.8) is 0 Å². The standard InChI is InChI=1S/C63H120NO8P/c1-3-5-7-9-11-13-15-17-19-21-23-25-27-28-29-30-31-32-34-36-38-40-42-44-46-48-50-52-54-56-63(66)72-61(60-71-73(67,68)70-58-57-64)59-69-62(65)55-53-51-49-47-45-43-41-39-37-35-33-26-24-22-20-18-16-14-12-10-8-6-4-2/h15,17,21-24,61H,3-14,16,18-20,25-60,64H2,1-2H3,(H,67,68)/b17-15-,23-21-,24-22-. The molecule has 0 spiro atoms. The topological polar surface area (TPSA) is 134 Å². The second-order valence-corrected chi connectivity index (χ2v) is 22.7. The average Bonchev–Trinajstić information content (AvgIpc) is 3.38. The Morgan fingerprint density at radius 2 is 0.712 bits per heavy atom. The lowest BCUT2D eigenvalue weighted by atomic mass is 10.0. The minimum absolute atomic E-state index is 0.0550. The van der Waals surface area contributed by atoms with Gasteiger partial charge in [-0.2, -0.15) is 0 Å². The molecular formula is C63H120NO8P. The third-order valence-electron chi connectivity index (χ3n) is 14.0. The number of nitrogens with two attached hydrogens (primary N) is 1. The van der Waals surface area contributed by atoms with E-state index < -0.39 is 26.5 Å². The smallest absolute Gasteiger partial charge is 0.462 e. The fourth-order valence-corrected chi connectivity index (χ4v) is 10.1. The number of carbonyl (C=O) groups excluding carboxylic acids is 2.